The van der Waals surface area contributed by atoms with Crippen LogP contribution < -0.4 is 9.47 Å². The van der Waals surface area contributed by atoms with Gasteiger partial charge >= 0.3 is 0 Å². The molecule has 2 aromatic rings. The van der Waals surface area contributed by atoms with Gasteiger partial charge in [0.25, 0.3) is 11.8 Å². The number of rotatable bonds is 4. The zero-order chi connectivity index (χ0) is 18.7. The molecule has 7 heteroatoms. The maximum Gasteiger partial charge on any atom is 0.257 e. The van der Waals surface area contributed by atoms with Gasteiger partial charge in [0.15, 0.2) is 0 Å². The highest BCUT2D eigenvalue weighted by Gasteiger charge is 2.28. The minimum absolute atomic E-state index is 0.0645. The molecule has 0 bridgehead atoms. The van der Waals surface area contributed by atoms with Crippen molar-refractivity contribution in [3.8, 4) is 11.5 Å². The molecule has 0 N–H and O–H groups in total. The fourth-order valence-electron chi connectivity index (χ4n) is 3.04. The van der Waals surface area contributed by atoms with Crippen LogP contribution in [0, 0.1) is 6.92 Å². The van der Waals surface area contributed by atoms with Crippen molar-refractivity contribution in [1.82, 2.24) is 9.80 Å². The Morgan fingerprint density at radius 2 is 1.54 bits per heavy atom. The van der Waals surface area contributed by atoms with Crippen LogP contribution in [0.3, 0.4) is 0 Å². The summed E-state index contributed by atoms with van der Waals surface area (Å²) in [6, 6.07) is 6.80. The Balaban J connectivity index is 1.67. The number of furan rings is 1. The summed E-state index contributed by atoms with van der Waals surface area (Å²) >= 11 is 0. The number of piperazine rings is 1. The second-order valence-electron chi connectivity index (χ2n) is 6.04. The van der Waals surface area contributed by atoms with E-state index in [1.807, 2.05) is 0 Å². The molecule has 0 saturated carbocycles. The van der Waals surface area contributed by atoms with E-state index in [1.165, 1.54) is 13.4 Å². The predicted molar refractivity (Wildman–Crippen MR) is 94.8 cm³/mol. The number of nitrogens with zero attached hydrogens (tertiary/aromatic N) is 2. The highest BCUT2D eigenvalue weighted by molar-refractivity contribution is 5.98. The molecule has 138 valence electrons. The van der Waals surface area contributed by atoms with Crippen LogP contribution >= 0.6 is 0 Å². The summed E-state index contributed by atoms with van der Waals surface area (Å²) in [5.41, 5.74) is 1.06. The minimum Gasteiger partial charge on any atom is -0.497 e. The van der Waals surface area contributed by atoms with Crippen molar-refractivity contribution >= 4 is 11.8 Å². The van der Waals surface area contributed by atoms with E-state index in [-0.39, 0.29) is 11.8 Å². The van der Waals surface area contributed by atoms with Crippen molar-refractivity contribution in [2.24, 2.45) is 0 Å². The lowest BCUT2D eigenvalue weighted by Crippen LogP contribution is -2.50. The molecule has 7 nitrogen and oxygen atoms in total. The van der Waals surface area contributed by atoms with Crippen molar-refractivity contribution < 1.29 is 23.5 Å². The Hall–Kier alpha value is -2.96. The number of hydrogen-bond donors (Lipinski definition) is 0. The molecular formula is C19H22N2O5. The molecule has 1 aliphatic rings. The standard InChI is InChI=1S/C19H22N2O5/c1-13-15(6-11-26-13)18(22)20-7-9-21(10-8-20)19(23)16-5-4-14(24-2)12-17(16)25-3/h4-6,11-12H,7-10H2,1-3H3. The van der Waals surface area contributed by atoms with Crippen LogP contribution in [0.1, 0.15) is 26.5 Å². The molecule has 0 aliphatic carbocycles. The Kier molecular flexibility index (Phi) is 5.16. The maximum absolute atomic E-state index is 12.8. The van der Waals surface area contributed by atoms with Crippen molar-refractivity contribution in [2.75, 3.05) is 40.4 Å². The largest absolute Gasteiger partial charge is 0.497 e. The third-order valence-electron chi connectivity index (χ3n) is 4.58. The third kappa shape index (κ3) is 3.37. The van der Waals surface area contributed by atoms with Crippen molar-refractivity contribution in [2.45, 2.75) is 6.92 Å². The number of hydrogen-bond acceptors (Lipinski definition) is 5. The molecule has 0 spiro atoms. The highest BCUT2D eigenvalue weighted by atomic mass is 16.5. The molecular weight excluding hydrogens is 336 g/mol. The number of benzene rings is 1. The van der Waals surface area contributed by atoms with E-state index in [2.05, 4.69) is 0 Å². The predicted octanol–water partition coefficient (Wildman–Crippen LogP) is 2.20. The minimum atomic E-state index is -0.115. The van der Waals surface area contributed by atoms with Gasteiger partial charge in [-0.3, -0.25) is 9.59 Å². The average Bonchev–Trinajstić information content (AvgIpc) is 3.12. The summed E-state index contributed by atoms with van der Waals surface area (Å²) in [6.07, 6.45) is 1.51. The summed E-state index contributed by atoms with van der Waals surface area (Å²) in [7, 11) is 3.09. The maximum atomic E-state index is 12.8. The lowest BCUT2D eigenvalue weighted by molar-refractivity contribution is 0.0532. The van der Waals surface area contributed by atoms with Crippen molar-refractivity contribution in [1.29, 1.82) is 0 Å². The van der Waals surface area contributed by atoms with Gasteiger partial charge in [-0.15, -0.1) is 0 Å². The smallest absolute Gasteiger partial charge is 0.257 e. The molecule has 0 atom stereocenters. The highest BCUT2D eigenvalue weighted by Crippen LogP contribution is 2.26. The summed E-state index contributed by atoms with van der Waals surface area (Å²) in [6.45, 7) is 3.66. The lowest BCUT2D eigenvalue weighted by Gasteiger charge is -2.35. The first-order valence-corrected chi connectivity index (χ1v) is 8.39. The first kappa shape index (κ1) is 17.8. The summed E-state index contributed by atoms with van der Waals surface area (Å²) in [5.74, 6) is 1.53. The van der Waals surface area contributed by atoms with E-state index in [1.54, 1.807) is 48.1 Å². The molecule has 1 aromatic heterocycles. The fourth-order valence-corrected chi connectivity index (χ4v) is 3.04. The molecule has 2 heterocycles. The van der Waals surface area contributed by atoms with E-state index in [0.29, 0.717) is 54.6 Å². The lowest BCUT2D eigenvalue weighted by atomic mass is 10.1. The Bertz CT molecular complexity index is 806. The van der Waals surface area contributed by atoms with Gasteiger partial charge in [-0.25, -0.2) is 0 Å². The molecule has 1 aromatic carbocycles. The van der Waals surface area contributed by atoms with E-state index < -0.39 is 0 Å². The topological polar surface area (TPSA) is 72.2 Å². The molecule has 3 rings (SSSR count). The van der Waals surface area contributed by atoms with E-state index in [4.69, 9.17) is 13.9 Å². The van der Waals surface area contributed by atoms with E-state index >= 15 is 0 Å². The number of aryl methyl sites for hydroxylation is 1. The molecule has 1 aliphatic heterocycles. The zero-order valence-electron chi connectivity index (χ0n) is 15.2. The van der Waals surface area contributed by atoms with Gasteiger partial charge in [0.1, 0.15) is 17.3 Å². The average molecular weight is 358 g/mol. The van der Waals surface area contributed by atoms with Crippen LogP contribution in [0.2, 0.25) is 0 Å². The molecule has 0 radical (unpaired) electrons. The van der Waals surface area contributed by atoms with Crippen LogP contribution in [0.25, 0.3) is 0 Å². The monoisotopic (exact) mass is 358 g/mol. The molecule has 0 unspecified atom stereocenters. The fraction of sp³-hybridized carbons (Fsp3) is 0.368. The molecule has 26 heavy (non-hydrogen) atoms. The quantitative estimate of drug-likeness (QED) is 0.838. The van der Waals surface area contributed by atoms with E-state index in [9.17, 15) is 9.59 Å². The second-order valence-corrected chi connectivity index (χ2v) is 6.04. The number of methoxy groups -OCH3 is 2. The van der Waals surface area contributed by atoms with Gasteiger partial charge in [0.05, 0.1) is 31.6 Å². The molecule has 1 saturated heterocycles. The second kappa shape index (κ2) is 7.51. The number of carbonyl (C=O) groups is 2. The van der Waals surface area contributed by atoms with Crippen molar-refractivity contribution in [3.63, 3.8) is 0 Å². The third-order valence-corrected chi connectivity index (χ3v) is 4.58. The van der Waals surface area contributed by atoms with Gasteiger partial charge in [-0.1, -0.05) is 0 Å². The van der Waals surface area contributed by atoms with E-state index in [0.717, 1.165) is 0 Å². The van der Waals surface area contributed by atoms with Gasteiger partial charge < -0.3 is 23.7 Å². The molecule has 1 fully saturated rings. The summed E-state index contributed by atoms with van der Waals surface area (Å²) in [5, 5.41) is 0. The van der Waals surface area contributed by atoms with Crippen LogP contribution in [-0.2, 0) is 0 Å². The summed E-state index contributed by atoms with van der Waals surface area (Å²) in [4.78, 5) is 28.8. The van der Waals surface area contributed by atoms with Crippen LogP contribution in [0.4, 0.5) is 0 Å². The van der Waals surface area contributed by atoms with Gasteiger partial charge in [0.2, 0.25) is 0 Å². The van der Waals surface area contributed by atoms with Crippen molar-refractivity contribution in [3.05, 3.63) is 47.4 Å². The Morgan fingerprint density at radius 3 is 2.04 bits per heavy atom. The van der Waals surface area contributed by atoms with Gasteiger partial charge in [0, 0.05) is 32.2 Å². The van der Waals surface area contributed by atoms with Gasteiger partial charge in [-0.2, -0.15) is 0 Å². The normalized spacial score (nSPS) is 14.3. The number of carbonyl (C=O) groups excluding carboxylic acids is 2. The zero-order valence-corrected chi connectivity index (χ0v) is 15.2. The van der Waals surface area contributed by atoms with Crippen LogP contribution in [-0.4, -0.2) is 62.0 Å². The van der Waals surface area contributed by atoms with Crippen LogP contribution in [0.15, 0.2) is 34.9 Å². The number of ether oxygens (including phenoxy) is 2. The van der Waals surface area contributed by atoms with Gasteiger partial charge in [-0.05, 0) is 25.1 Å². The molecule has 2 amide bonds. The van der Waals surface area contributed by atoms with Crippen LogP contribution in [0.5, 0.6) is 11.5 Å². The first-order chi connectivity index (χ1) is 12.5. The summed E-state index contributed by atoms with van der Waals surface area (Å²) < 4.78 is 15.7. The first-order valence-electron chi connectivity index (χ1n) is 8.39. The Morgan fingerprint density at radius 1 is 0.923 bits per heavy atom. The number of amides is 2. The SMILES string of the molecule is COc1ccc(C(=O)N2CCN(C(=O)c3ccoc3C)CC2)c(OC)c1. The Labute approximate surface area is 152 Å².